The molecule has 2 rings (SSSR count). The van der Waals surface area contributed by atoms with Gasteiger partial charge < -0.3 is 10.6 Å². The van der Waals surface area contributed by atoms with E-state index in [-0.39, 0.29) is 24.0 Å². The second kappa shape index (κ2) is 6.73. The molecular formula is C12H18IN3. The molecule has 1 aromatic carbocycles. The van der Waals surface area contributed by atoms with Crippen molar-refractivity contribution in [2.45, 2.75) is 19.9 Å². The normalized spacial score (nSPS) is 14.4. The molecule has 1 aliphatic rings. The zero-order valence-corrected chi connectivity index (χ0v) is 11.8. The van der Waals surface area contributed by atoms with Crippen molar-refractivity contribution in [2.75, 3.05) is 13.1 Å². The van der Waals surface area contributed by atoms with Crippen molar-refractivity contribution in [2.24, 2.45) is 4.99 Å². The first-order valence-electron chi connectivity index (χ1n) is 5.42. The Morgan fingerprint density at radius 2 is 2.31 bits per heavy atom. The molecule has 1 aliphatic heterocycles. The molecule has 1 aromatic rings. The minimum absolute atomic E-state index is 0. The Morgan fingerprint density at radius 3 is 3.00 bits per heavy atom. The SMILES string of the molecule is Cc1cccc(CNC2=NCCCN2)c1.I. The summed E-state index contributed by atoms with van der Waals surface area (Å²) >= 11 is 0. The maximum absolute atomic E-state index is 4.36. The highest BCUT2D eigenvalue weighted by Gasteiger charge is 2.02. The van der Waals surface area contributed by atoms with Gasteiger partial charge in [-0.1, -0.05) is 29.8 Å². The van der Waals surface area contributed by atoms with E-state index in [0.717, 1.165) is 32.0 Å². The summed E-state index contributed by atoms with van der Waals surface area (Å²) < 4.78 is 0. The molecule has 0 radical (unpaired) electrons. The summed E-state index contributed by atoms with van der Waals surface area (Å²) in [5.41, 5.74) is 2.60. The van der Waals surface area contributed by atoms with Gasteiger partial charge in [0.15, 0.2) is 5.96 Å². The van der Waals surface area contributed by atoms with Gasteiger partial charge >= 0.3 is 0 Å². The topological polar surface area (TPSA) is 36.4 Å². The summed E-state index contributed by atoms with van der Waals surface area (Å²) in [5, 5.41) is 6.55. The molecule has 4 heteroatoms. The molecule has 0 aromatic heterocycles. The van der Waals surface area contributed by atoms with Gasteiger partial charge in [0.2, 0.25) is 0 Å². The van der Waals surface area contributed by atoms with Crippen LogP contribution in [0.4, 0.5) is 0 Å². The van der Waals surface area contributed by atoms with Crippen LogP contribution in [0.2, 0.25) is 0 Å². The Kier molecular flexibility index (Phi) is 5.59. The van der Waals surface area contributed by atoms with Crippen LogP contribution < -0.4 is 10.6 Å². The average Bonchev–Trinajstić information content (AvgIpc) is 2.28. The highest BCUT2D eigenvalue weighted by Crippen LogP contribution is 2.03. The fourth-order valence-corrected chi connectivity index (χ4v) is 1.66. The fraction of sp³-hybridized carbons (Fsp3) is 0.417. The average molecular weight is 331 g/mol. The molecule has 0 saturated heterocycles. The van der Waals surface area contributed by atoms with Crippen molar-refractivity contribution >= 4 is 29.9 Å². The van der Waals surface area contributed by atoms with Crippen LogP contribution in [-0.2, 0) is 6.54 Å². The second-order valence-electron chi connectivity index (χ2n) is 3.85. The van der Waals surface area contributed by atoms with E-state index in [9.17, 15) is 0 Å². The lowest BCUT2D eigenvalue weighted by atomic mass is 10.1. The molecule has 3 nitrogen and oxygen atoms in total. The predicted molar refractivity (Wildman–Crippen MR) is 78.4 cm³/mol. The zero-order chi connectivity index (χ0) is 10.5. The molecule has 0 bridgehead atoms. The molecule has 0 saturated carbocycles. The summed E-state index contributed by atoms with van der Waals surface area (Å²) in [6.07, 6.45) is 1.13. The van der Waals surface area contributed by atoms with Crippen LogP contribution in [-0.4, -0.2) is 19.0 Å². The number of rotatable bonds is 2. The first kappa shape index (κ1) is 13.3. The van der Waals surface area contributed by atoms with Crippen LogP contribution in [0, 0.1) is 6.92 Å². The van der Waals surface area contributed by atoms with Gasteiger partial charge in [0.05, 0.1) is 0 Å². The zero-order valence-electron chi connectivity index (χ0n) is 9.49. The third-order valence-electron chi connectivity index (χ3n) is 2.44. The number of guanidine groups is 1. The van der Waals surface area contributed by atoms with Crippen molar-refractivity contribution in [1.29, 1.82) is 0 Å². The molecule has 0 unspecified atom stereocenters. The van der Waals surface area contributed by atoms with Crippen molar-refractivity contribution in [1.82, 2.24) is 10.6 Å². The Labute approximate surface area is 114 Å². The molecule has 0 atom stereocenters. The van der Waals surface area contributed by atoms with Crippen LogP contribution in [0.3, 0.4) is 0 Å². The number of aliphatic imine (C=N–C) groups is 1. The smallest absolute Gasteiger partial charge is 0.191 e. The van der Waals surface area contributed by atoms with E-state index >= 15 is 0 Å². The van der Waals surface area contributed by atoms with Crippen LogP contribution in [0.5, 0.6) is 0 Å². The number of aryl methyl sites for hydroxylation is 1. The van der Waals surface area contributed by atoms with E-state index in [2.05, 4.69) is 46.8 Å². The Bertz CT molecular complexity index is 363. The summed E-state index contributed by atoms with van der Waals surface area (Å²) in [5.74, 6) is 0.933. The third kappa shape index (κ3) is 4.00. The summed E-state index contributed by atoms with van der Waals surface area (Å²) in [6, 6.07) is 8.52. The number of nitrogens with one attached hydrogen (secondary N) is 2. The van der Waals surface area contributed by atoms with E-state index in [0.29, 0.717) is 0 Å². The molecule has 0 amide bonds. The van der Waals surface area contributed by atoms with E-state index in [1.807, 2.05) is 0 Å². The van der Waals surface area contributed by atoms with E-state index < -0.39 is 0 Å². The van der Waals surface area contributed by atoms with Gasteiger partial charge in [-0.25, -0.2) is 0 Å². The highest BCUT2D eigenvalue weighted by atomic mass is 127. The monoisotopic (exact) mass is 331 g/mol. The van der Waals surface area contributed by atoms with Gasteiger partial charge in [-0.05, 0) is 18.9 Å². The molecular weight excluding hydrogens is 313 g/mol. The van der Waals surface area contributed by atoms with Gasteiger partial charge in [0, 0.05) is 19.6 Å². The lowest BCUT2D eigenvalue weighted by Gasteiger charge is -2.16. The quantitative estimate of drug-likeness (QED) is 0.814. The highest BCUT2D eigenvalue weighted by molar-refractivity contribution is 14.0. The van der Waals surface area contributed by atoms with Crippen LogP contribution in [0.1, 0.15) is 17.5 Å². The largest absolute Gasteiger partial charge is 0.356 e. The lowest BCUT2D eigenvalue weighted by Crippen LogP contribution is -2.40. The molecule has 0 fully saturated rings. The van der Waals surface area contributed by atoms with E-state index in [4.69, 9.17) is 0 Å². The Hall–Kier alpha value is -0.780. The van der Waals surface area contributed by atoms with Crippen LogP contribution >= 0.6 is 24.0 Å². The summed E-state index contributed by atoms with van der Waals surface area (Å²) in [6.45, 7) is 4.91. The number of hydrogen-bond acceptors (Lipinski definition) is 3. The molecule has 0 aliphatic carbocycles. The first-order chi connectivity index (χ1) is 7.34. The maximum atomic E-state index is 4.36. The van der Waals surface area contributed by atoms with Crippen LogP contribution in [0.15, 0.2) is 29.3 Å². The van der Waals surface area contributed by atoms with Gasteiger partial charge in [-0.3, -0.25) is 4.99 Å². The van der Waals surface area contributed by atoms with E-state index in [1.54, 1.807) is 0 Å². The van der Waals surface area contributed by atoms with Gasteiger partial charge in [0.1, 0.15) is 0 Å². The third-order valence-corrected chi connectivity index (χ3v) is 2.44. The summed E-state index contributed by atoms with van der Waals surface area (Å²) in [7, 11) is 0. The van der Waals surface area contributed by atoms with E-state index in [1.165, 1.54) is 11.1 Å². The molecule has 1 heterocycles. The van der Waals surface area contributed by atoms with Crippen LogP contribution in [0.25, 0.3) is 0 Å². The van der Waals surface area contributed by atoms with Crippen molar-refractivity contribution in [3.63, 3.8) is 0 Å². The summed E-state index contributed by atoms with van der Waals surface area (Å²) in [4.78, 5) is 4.36. The van der Waals surface area contributed by atoms with Gasteiger partial charge in [0.25, 0.3) is 0 Å². The maximum Gasteiger partial charge on any atom is 0.191 e. The minimum Gasteiger partial charge on any atom is -0.356 e. The predicted octanol–water partition coefficient (Wildman–Crippen LogP) is 2.05. The standard InChI is InChI=1S/C12H17N3.HI/c1-10-4-2-5-11(8-10)9-15-12-13-6-3-7-14-12;/h2,4-5,8H,3,6-7,9H2,1H3,(H2,13,14,15);1H. The number of nitrogens with zero attached hydrogens (tertiary/aromatic N) is 1. The van der Waals surface area contributed by atoms with Crippen molar-refractivity contribution in [3.8, 4) is 0 Å². The molecule has 0 spiro atoms. The molecule has 88 valence electrons. The van der Waals surface area contributed by atoms with Crippen molar-refractivity contribution < 1.29 is 0 Å². The lowest BCUT2D eigenvalue weighted by molar-refractivity contribution is 0.702. The number of hydrogen-bond donors (Lipinski definition) is 2. The van der Waals surface area contributed by atoms with Gasteiger partial charge in [-0.2, -0.15) is 0 Å². The minimum atomic E-state index is 0. The van der Waals surface area contributed by atoms with Gasteiger partial charge in [-0.15, -0.1) is 24.0 Å². The Balaban J connectivity index is 0.00000128. The first-order valence-corrected chi connectivity index (χ1v) is 5.42. The number of benzene rings is 1. The fourth-order valence-electron chi connectivity index (χ4n) is 1.66. The molecule has 16 heavy (non-hydrogen) atoms. The Morgan fingerprint density at radius 1 is 1.44 bits per heavy atom. The van der Waals surface area contributed by atoms with Crippen molar-refractivity contribution in [3.05, 3.63) is 35.4 Å². The number of halogens is 1. The molecule has 2 N–H and O–H groups in total. The second-order valence-corrected chi connectivity index (χ2v) is 3.85.